The van der Waals surface area contributed by atoms with Gasteiger partial charge in [0.05, 0.1) is 10.5 Å². The monoisotopic (exact) mass is 482 g/mol. The molecule has 1 fully saturated rings. The Balaban J connectivity index is 1.89. The van der Waals surface area contributed by atoms with Crippen LogP contribution in [-0.2, 0) is 9.59 Å². The Labute approximate surface area is 184 Å². The van der Waals surface area contributed by atoms with Gasteiger partial charge in [0.25, 0.3) is 17.4 Å². The summed E-state index contributed by atoms with van der Waals surface area (Å²) in [4.78, 5) is 37.5. The van der Waals surface area contributed by atoms with Gasteiger partial charge in [0.2, 0.25) is 0 Å². The third-order valence-electron chi connectivity index (χ3n) is 4.93. The molecule has 0 bridgehead atoms. The summed E-state index contributed by atoms with van der Waals surface area (Å²) in [6, 6.07) is 14.2. The SMILES string of the molecule is Cc1ccc(C2/C(=C(/O)c3ccc([N+](=O)[O-])cc3)C(=O)C(=O)N2c2ccc(Br)cc2)o1. The predicted molar refractivity (Wildman–Crippen MR) is 115 cm³/mol. The molecule has 1 amide bonds. The van der Waals surface area contributed by atoms with E-state index in [0.717, 1.165) is 4.47 Å². The number of carbonyl (C=O) groups excluding carboxylic acids is 2. The summed E-state index contributed by atoms with van der Waals surface area (Å²) in [5.74, 6) is -1.25. The van der Waals surface area contributed by atoms with E-state index < -0.39 is 28.4 Å². The number of benzene rings is 2. The average Bonchev–Trinajstić information content (AvgIpc) is 3.29. The number of hydrogen-bond donors (Lipinski definition) is 1. The molecule has 1 atom stereocenters. The van der Waals surface area contributed by atoms with Crippen molar-refractivity contribution in [3.8, 4) is 0 Å². The highest BCUT2D eigenvalue weighted by Gasteiger charge is 2.48. The minimum Gasteiger partial charge on any atom is -0.507 e. The van der Waals surface area contributed by atoms with Gasteiger partial charge in [-0.15, -0.1) is 0 Å². The van der Waals surface area contributed by atoms with E-state index in [-0.39, 0.29) is 16.8 Å². The zero-order chi connectivity index (χ0) is 22.3. The van der Waals surface area contributed by atoms with Crippen LogP contribution in [0.5, 0.6) is 0 Å². The first-order valence-electron chi connectivity index (χ1n) is 9.15. The van der Waals surface area contributed by atoms with Crippen molar-refractivity contribution in [2.75, 3.05) is 4.90 Å². The van der Waals surface area contributed by atoms with Gasteiger partial charge < -0.3 is 9.52 Å². The van der Waals surface area contributed by atoms with E-state index in [1.807, 2.05) is 0 Å². The highest BCUT2D eigenvalue weighted by Crippen LogP contribution is 2.42. The smallest absolute Gasteiger partial charge is 0.300 e. The summed E-state index contributed by atoms with van der Waals surface area (Å²) < 4.78 is 6.51. The van der Waals surface area contributed by atoms with E-state index >= 15 is 0 Å². The Morgan fingerprint density at radius 3 is 2.26 bits per heavy atom. The molecule has 0 aliphatic carbocycles. The number of non-ortho nitro benzene ring substituents is 1. The number of amides is 1. The van der Waals surface area contributed by atoms with Crippen LogP contribution in [-0.4, -0.2) is 21.7 Å². The number of aliphatic hydroxyl groups excluding tert-OH is 1. The number of nitrogens with zero attached hydrogens (tertiary/aromatic N) is 2. The molecule has 1 saturated heterocycles. The van der Waals surface area contributed by atoms with Crippen molar-refractivity contribution >= 4 is 44.8 Å². The summed E-state index contributed by atoms with van der Waals surface area (Å²) in [5, 5.41) is 21.9. The van der Waals surface area contributed by atoms with Crippen molar-refractivity contribution in [2.45, 2.75) is 13.0 Å². The van der Waals surface area contributed by atoms with E-state index in [0.29, 0.717) is 17.2 Å². The molecule has 9 heteroatoms. The summed E-state index contributed by atoms with van der Waals surface area (Å²) in [5.41, 5.74) is 0.306. The number of halogens is 1. The zero-order valence-electron chi connectivity index (χ0n) is 16.1. The Morgan fingerprint density at radius 1 is 1.06 bits per heavy atom. The fourth-order valence-corrected chi connectivity index (χ4v) is 3.73. The highest BCUT2D eigenvalue weighted by molar-refractivity contribution is 9.10. The molecule has 3 aromatic rings. The van der Waals surface area contributed by atoms with Crippen LogP contribution in [0.4, 0.5) is 11.4 Å². The minimum atomic E-state index is -0.995. The molecule has 8 nitrogen and oxygen atoms in total. The molecule has 1 aromatic heterocycles. The van der Waals surface area contributed by atoms with Crippen LogP contribution in [0.1, 0.15) is 23.1 Å². The lowest BCUT2D eigenvalue weighted by molar-refractivity contribution is -0.384. The van der Waals surface area contributed by atoms with Gasteiger partial charge in [0.15, 0.2) is 0 Å². The molecule has 156 valence electrons. The Morgan fingerprint density at radius 2 is 1.71 bits per heavy atom. The molecule has 31 heavy (non-hydrogen) atoms. The van der Waals surface area contributed by atoms with Gasteiger partial charge in [-0.3, -0.25) is 24.6 Å². The first kappa shape index (κ1) is 20.5. The lowest BCUT2D eigenvalue weighted by Gasteiger charge is -2.23. The number of nitro groups is 1. The minimum absolute atomic E-state index is 0.156. The molecule has 2 heterocycles. The van der Waals surface area contributed by atoms with Crippen molar-refractivity contribution in [3.05, 3.63) is 97.9 Å². The molecular weight excluding hydrogens is 468 g/mol. The molecule has 1 unspecified atom stereocenters. The van der Waals surface area contributed by atoms with Gasteiger partial charge >= 0.3 is 0 Å². The van der Waals surface area contributed by atoms with Crippen molar-refractivity contribution in [1.29, 1.82) is 0 Å². The van der Waals surface area contributed by atoms with Crippen LogP contribution < -0.4 is 4.90 Å². The number of hydrogen-bond acceptors (Lipinski definition) is 6. The van der Waals surface area contributed by atoms with Gasteiger partial charge in [-0.1, -0.05) is 15.9 Å². The van der Waals surface area contributed by atoms with E-state index in [9.17, 15) is 24.8 Å². The van der Waals surface area contributed by atoms with Crippen molar-refractivity contribution in [1.82, 2.24) is 0 Å². The fraction of sp³-hybridized carbons (Fsp3) is 0.0909. The van der Waals surface area contributed by atoms with Crippen LogP contribution in [0, 0.1) is 17.0 Å². The van der Waals surface area contributed by atoms with Crippen molar-refractivity contribution in [2.24, 2.45) is 0 Å². The lowest BCUT2D eigenvalue weighted by Crippen LogP contribution is -2.29. The predicted octanol–water partition coefficient (Wildman–Crippen LogP) is 4.89. The third kappa shape index (κ3) is 3.64. The molecule has 1 aliphatic rings. The summed E-state index contributed by atoms with van der Waals surface area (Å²) in [6.45, 7) is 1.73. The maximum Gasteiger partial charge on any atom is 0.300 e. The molecule has 0 radical (unpaired) electrons. The zero-order valence-corrected chi connectivity index (χ0v) is 17.7. The molecule has 0 saturated carbocycles. The summed E-state index contributed by atoms with van der Waals surface area (Å²) in [6.07, 6.45) is 0. The first-order valence-corrected chi connectivity index (χ1v) is 9.95. The largest absolute Gasteiger partial charge is 0.507 e. The number of aliphatic hydroxyl groups is 1. The Kier molecular flexibility index (Phi) is 5.20. The standard InChI is InChI=1S/C22H15BrN2O6/c1-12-2-11-17(31-12)19-18(20(26)13-3-7-16(8-4-13)25(29)30)21(27)22(28)24(19)15-9-5-14(23)6-10-15/h2-11,19,26H,1H3/b20-18-. The normalized spacial score (nSPS) is 17.9. The van der Waals surface area contributed by atoms with Crippen LogP contribution >= 0.6 is 15.9 Å². The molecule has 1 N–H and O–H groups in total. The molecule has 0 spiro atoms. The third-order valence-corrected chi connectivity index (χ3v) is 5.46. The molecular formula is C22H15BrN2O6. The number of ketones is 1. The topological polar surface area (TPSA) is 114 Å². The van der Waals surface area contributed by atoms with Crippen LogP contribution in [0.3, 0.4) is 0 Å². The number of aryl methyl sites for hydroxylation is 1. The van der Waals surface area contributed by atoms with E-state index in [1.165, 1.54) is 29.2 Å². The number of anilines is 1. The summed E-state index contributed by atoms with van der Waals surface area (Å²) >= 11 is 3.34. The molecule has 4 rings (SSSR count). The second-order valence-electron chi connectivity index (χ2n) is 6.90. The number of carbonyl (C=O) groups is 2. The number of furan rings is 1. The van der Waals surface area contributed by atoms with Crippen LogP contribution in [0.2, 0.25) is 0 Å². The van der Waals surface area contributed by atoms with Gasteiger partial charge in [0, 0.05) is 27.9 Å². The van der Waals surface area contributed by atoms with Crippen molar-refractivity contribution in [3.63, 3.8) is 0 Å². The average molecular weight is 483 g/mol. The maximum atomic E-state index is 13.0. The number of Topliss-reactive ketones (excluding diaryl/α,β-unsaturated/α-hetero) is 1. The quantitative estimate of drug-likeness (QED) is 0.186. The molecule has 2 aromatic carbocycles. The van der Waals surface area contributed by atoms with Gasteiger partial charge in [-0.05, 0) is 55.5 Å². The number of nitro benzene ring substituents is 1. The number of rotatable bonds is 4. The first-order chi connectivity index (χ1) is 14.8. The fourth-order valence-electron chi connectivity index (χ4n) is 3.47. The van der Waals surface area contributed by atoms with Crippen molar-refractivity contribution < 1.29 is 24.0 Å². The summed E-state index contributed by atoms with van der Waals surface area (Å²) in [7, 11) is 0. The van der Waals surface area contributed by atoms with E-state index in [1.54, 1.807) is 43.3 Å². The van der Waals surface area contributed by atoms with Crippen LogP contribution in [0.15, 0.2) is 75.1 Å². The van der Waals surface area contributed by atoms with Gasteiger partial charge in [-0.2, -0.15) is 0 Å². The van der Waals surface area contributed by atoms with Crippen LogP contribution in [0.25, 0.3) is 5.76 Å². The Bertz CT molecular complexity index is 1230. The maximum absolute atomic E-state index is 13.0. The lowest BCUT2D eigenvalue weighted by atomic mass is 9.99. The van der Waals surface area contributed by atoms with Gasteiger partial charge in [-0.25, -0.2) is 0 Å². The second kappa shape index (κ2) is 7.84. The second-order valence-corrected chi connectivity index (χ2v) is 7.81. The molecule has 1 aliphatic heterocycles. The Hall–Kier alpha value is -3.72. The van der Waals surface area contributed by atoms with E-state index in [4.69, 9.17) is 4.42 Å². The van der Waals surface area contributed by atoms with E-state index in [2.05, 4.69) is 15.9 Å². The highest BCUT2D eigenvalue weighted by atomic mass is 79.9. The van der Waals surface area contributed by atoms with Gasteiger partial charge in [0.1, 0.15) is 23.3 Å².